The Morgan fingerprint density at radius 1 is 0.452 bits per heavy atom. The molecular formula is C40H40N2. The number of para-hydroxylation sites is 2. The van der Waals surface area contributed by atoms with Crippen molar-refractivity contribution in [1.82, 2.24) is 9.97 Å². The minimum atomic E-state index is 1.03. The van der Waals surface area contributed by atoms with Gasteiger partial charge in [-0.2, -0.15) is 0 Å². The minimum Gasteiger partial charge on any atom is -0.345 e. The molecule has 0 aliphatic heterocycles. The molecule has 42 heavy (non-hydrogen) atoms. The molecule has 0 fully saturated rings. The molecule has 5 aromatic carbocycles. The van der Waals surface area contributed by atoms with Gasteiger partial charge in [0, 0.05) is 0 Å². The summed E-state index contributed by atoms with van der Waals surface area (Å²) in [7, 11) is 0. The van der Waals surface area contributed by atoms with Gasteiger partial charge in [-0.1, -0.05) is 133 Å². The van der Waals surface area contributed by atoms with E-state index in [0.717, 1.165) is 17.5 Å². The Morgan fingerprint density at radius 3 is 1.40 bits per heavy atom. The molecular weight excluding hydrogens is 508 g/mol. The van der Waals surface area contributed by atoms with E-state index in [1.54, 1.807) is 28.6 Å². The van der Waals surface area contributed by atoms with E-state index in [1.807, 2.05) is 60.7 Å². The van der Waals surface area contributed by atoms with Crippen LogP contribution in [-0.4, -0.2) is 9.97 Å². The molecule has 0 unspecified atom stereocenters. The van der Waals surface area contributed by atoms with Gasteiger partial charge in [0.2, 0.25) is 0 Å². The number of aromatic amines is 1. The lowest BCUT2D eigenvalue weighted by atomic mass is 10.1. The van der Waals surface area contributed by atoms with Crippen molar-refractivity contribution < 1.29 is 0 Å². The van der Waals surface area contributed by atoms with Crippen LogP contribution in [-0.2, 0) is 32.1 Å². The Morgan fingerprint density at radius 2 is 0.905 bits per heavy atom. The zero-order valence-electron chi connectivity index (χ0n) is 24.3. The van der Waals surface area contributed by atoms with Crippen molar-refractivity contribution in [2.75, 3.05) is 0 Å². The predicted octanol–water partition coefficient (Wildman–Crippen LogP) is 9.86. The number of H-pyrrole nitrogens is 1. The molecule has 1 heterocycles. The number of hydrogen-bond acceptors (Lipinski definition) is 1. The van der Waals surface area contributed by atoms with Crippen LogP contribution < -0.4 is 0 Å². The van der Waals surface area contributed by atoms with Gasteiger partial charge in [-0.15, -0.1) is 0 Å². The van der Waals surface area contributed by atoms with Crippen molar-refractivity contribution in [3.8, 4) is 0 Å². The molecule has 0 saturated carbocycles. The van der Waals surface area contributed by atoms with Gasteiger partial charge in [0.05, 0.1) is 17.4 Å². The van der Waals surface area contributed by atoms with Gasteiger partial charge >= 0.3 is 0 Å². The molecule has 3 aliphatic carbocycles. The van der Waals surface area contributed by atoms with E-state index in [1.165, 1.54) is 49.7 Å². The first-order valence-corrected chi connectivity index (χ1v) is 15.1. The third kappa shape index (κ3) is 8.65. The van der Waals surface area contributed by atoms with E-state index in [9.17, 15) is 0 Å². The Bertz CT molecular complexity index is 1500. The second kappa shape index (κ2) is 15.9. The molecule has 3 aliphatic rings. The summed E-state index contributed by atoms with van der Waals surface area (Å²) in [6.45, 7) is 0. The van der Waals surface area contributed by atoms with Crippen molar-refractivity contribution in [1.29, 1.82) is 0 Å². The van der Waals surface area contributed by atoms with Crippen LogP contribution in [0.4, 0.5) is 0 Å². The molecule has 0 atom stereocenters. The molecule has 1 N–H and O–H groups in total. The average Bonchev–Trinajstić information content (AvgIpc) is 3.90. The van der Waals surface area contributed by atoms with Gasteiger partial charge in [0.15, 0.2) is 0 Å². The summed E-state index contributed by atoms with van der Waals surface area (Å²) in [5, 5.41) is 0. The van der Waals surface area contributed by atoms with Gasteiger partial charge in [0.25, 0.3) is 0 Å². The molecule has 0 saturated heterocycles. The van der Waals surface area contributed by atoms with Crippen LogP contribution in [0.2, 0.25) is 0 Å². The first-order chi connectivity index (χ1) is 20.9. The second-order valence-electron chi connectivity index (χ2n) is 10.6. The van der Waals surface area contributed by atoms with Crippen molar-refractivity contribution in [3.05, 3.63) is 179 Å². The highest BCUT2D eigenvalue weighted by Crippen LogP contribution is 2.21. The molecule has 0 radical (unpaired) electrons. The zero-order chi connectivity index (χ0) is 28.7. The Hall–Kier alpha value is -4.69. The fraction of sp³-hybridized carbons (Fsp3) is 0.175. The summed E-state index contributed by atoms with van der Waals surface area (Å²) < 4.78 is 0. The number of rotatable bonds is 0. The number of aryl methyl sites for hydroxylation is 4. The molecule has 210 valence electrons. The largest absolute Gasteiger partial charge is 0.345 e. The normalized spacial score (nSPS) is 13.0. The lowest BCUT2D eigenvalue weighted by Crippen LogP contribution is -1.77. The highest BCUT2D eigenvalue weighted by molar-refractivity contribution is 5.73. The van der Waals surface area contributed by atoms with Gasteiger partial charge in [-0.25, -0.2) is 4.98 Å². The van der Waals surface area contributed by atoms with E-state index >= 15 is 0 Å². The molecule has 2 heteroatoms. The van der Waals surface area contributed by atoms with Gasteiger partial charge in [-0.3, -0.25) is 0 Å². The summed E-state index contributed by atoms with van der Waals surface area (Å²) in [6.07, 6.45) is 15.1. The Balaban J connectivity index is 0.000000106. The Labute approximate surface area is 250 Å². The van der Waals surface area contributed by atoms with Crippen LogP contribution in [0.3, 0.4) is 0 Å². The molecule has 2 nitrogen and oxygen atoms in total. The number of imidazole rings is 1. The van der Waals surface area contributed by atoms with E-state index in [2.05, 4.69) is 94.9 Å². The van der Waals surface area contributed by atoms with Crippen LogP contribution in [0.25, 0.3) is 17.1 Å². The molecule has 6 aromatic rings. The molecule has 0 bridgehead atoms. The number of nitrogens with one attached hydrogen (secondary N) is 1. The second-order valence-corrected chi connectivity index (χ2v) is 10.6. The van der Waals surface area contributed by atoms with Gasteiger partial charge in [0.1, 0.15) is 0 Å². The van der Waals surface area contributed by atoms with Crippen LogP contribution in [0.5, 0.6) is 0 Å². The van der Waals surface area contributed by atoms with Crippen LogP contribution in [0.1, 0.15) is 46.2 Å². The fourth-order valence-corrected chi connectivity index (χ4v) is 5.49. The fourth-order valence-electron chi connectivity index (χ4n) is 5.49. The van der Waals surface area contributed by atoms with E-state index in [4.69, 9.17) is 0 Å². The summed E-state index contributed by atoms with van der Waals surface area (Å²) in [5.74, 6) is 0. The van der Waals surface area contributed by atoms with Crippen LogP contribution in [0, 0.1) is 0 Å². The predicted molar refractivity (Wildman–Crippen MR) is 179 cm³/mol. The number of nitrogens with zero attached hydrogens (tertiary/aromatic N) is 1. The molecule has 1 aromatic heterocycles. The maximum atomic E-state index is 4.06. The zero-order valence-corrected chi connectivity index (χ0v) is 24.3. The maximum Gasteiger partial charge on any atom is 0.0931 e. The third-order valence-corrected chi connectivity index (χ3v) is 7.71. The monoisotopic (exact) mass is 548 g/mol. The smallest absolute Gasteiger partial charge is 0.0931 e. The van der Waals surface area contributed by atoms with E-state index < -0.39 is 0 Å². The first kappa shape index (κ1) is 28.8. The maximum absolute atomic E-state index is 4.06. The van der Waals surface area contributed by atoms with Crippen molar-refractivity contribution in [3.63, 3.8) is 0 Å². The SMILES string of the molecule is C1=Cc2ccccc2C1.c1ccc2[nH]cnc2c1.c1ccc2c(c1)CCC2.c1ccc2c(c1)CCC2.c1ccccc1. The van der Waals surface area contributed by atoms with Crippen molar-refractivity contribution >= 4 is 17.1 Å². The lowest BCUT2D eigenvalue weighted by Gasteiger charge is -1.93. The van der Waals surface area contributed by atoms with Crippen molar-refractivity contribution in [2.24, 2.45) is 0 Å². The standard InChI is InChI=1S/2C9H10.C9H8.C7H6N2.C6H6/c3*1-2-5-9-7-3-6-8(9)4-1;1-2-4-7-6(3-1)8-5-9-7;1-2-4-6-5-3-1/h2*1-2,4-5H,3,6-7H2;1-6H,7H2;1-5H,(H,8,9);1-6H. The Kier molecular flexibility index (Phi) is 10.9. The highest BCUT2D eigenvalue weighted by atomic mass is 14.9. The number of fused-ring (bicyclic) bond motifs is 4. The highest BCUT2D eigenvalue weighted by Gasteiger charge is 2.08. The third-order valence-electron chi connectivity index (χ3n) is 7.71. The summed E-state index contributed by atoms with van der Waals surface area (Å²) >= 11 is 0. The number of aromatic nitrogens is 2. The van der Waals surface area contributed by atoms with E-state index in [-0.39, 0.29) is 0 Å². The molecule has 0 amide bonds. The van der Waals surface area contributed by atoms with Crippen LogP contribution >= 0.6 is 0 Å². The molecule has 9 rings (SSSR count). The lowest BCUT2D eigenvalue weighted by molar-refractivity contribution is 0.912. The topological polar surface area (TPSA) is 28.7 Å². The van der Waals surface area contributed by atoms with Gasteiger partial charge in [-0.05, 0) is 90.5 Å². The summed E-state index contributed by atoms with van der Waals surface area (Å²) in [5.41, 5.74) is 11.2. The van der Waals surface area contributed by atoms with Crippen molar-refractivity contribution in [2.45, 2.75) is 44.9 Å². The molecule has 0 spiro atoms. The average molecular weight is 549 g/mol. The number of hydrogen-bond donors (Lipinski definition) is 1. The van der Waals surface area contributed by atoms with Crippen LogP contribution in [0.15, 0.2) is 146 Å². The number of allylic oxidation sites excluding steroid dienone is 1. The summed E-state index contributed by atoms with van der Waals surface area (Å²) in [4.78, 5) is 7.07. The minimum absolute atomic E-state index is 1.03. The first-order valence-electron chi connectivity index (χ1n) is 15.1. The van der Waals surface area contributed by atoms with E-state index in [0.29, 0.717) is 0 Å². The quantitative estimate of drug-likeness (QED) is 0.201. The summed E-state index contributed by atoms with van der Waals surface area (Å²) in [6, 6.07) is 45.9. The number of benzene rings is 5. The van der Waals surface area contributed by atoms with Gasteiger partial charge < -0.3 is 4.98 Å².